The van der Waals surface area contributed by atoms with Crippen LogP contribution in [0.1, 0.15) is 38.5 Å². The molecule has 0 amide bonds. The molecule has 2 fully saturated rings. The summed E-state index contributed by atoms with van der Waals surface area (Å²) in [7, 11) is 0. The van der Waals surface area contributed by atoms with E-state index in [1.165, 1.54) is 0 Å². The van der Waals surface area contributed by atoms with E-state index in [1.807, 2.05) is 12.5 Å². The summed E-state index contributed by atoms with van der Waals surface area (Å²) >= 11 is 31.3. The van der Waals surface area contributed by atoms with Gasteiger partial charge in [-0.1, -0.05) is 0 Å². The van der Waals surface area contributed by atoms with E-state index in [0.29, 0.717) is 5.11 Å². The Morgan fingerprint density at radius 1 is 1.07 bits per heavy atom. The number of alkyl halides is 4. The number of imidazole rings is 1. The summed E-state index contributed by atoms with van der Waals surface area (Å²) in [6.45, 7) is 0.751. The first-order chi connectivity index (χ1) is 12.9. The fraction of sp³-hybridized carbons (Fsp3) is 0.778. The van der Waals surface area contributed by atoms with Crippen LogP contribution in [0.4, 0.5) is 0 Å². The molecule has 7 atom stereocenters. The van der Waals surface area contributed by atoms with Gasteiger partial charge in [0.2, 0.25) is 0 Å². The minimum atomic E-state index is -0.0134. The van der Waals surface area contributed by atoms with E-state index in [4.69, 9.17) is 58.6 Å². The Hall–Kier alpha value is 0.0600. The molecule has 1 aromatic heterocycles. The molecule has 0 radical (unpaired) electrons. The van der Waals surface area contributed by atoms with Crippen LogP contribution < -0.4 is 10.6 Å². The second-order valence-electron chi connectivity index (χ2n) is 7.61. The fourth-order valence-electron chi connectivity index (χ4n) is 4.06. The van der Waals surface area contributed by atoms with Crippen molar-refractivity contribution in [3.05, 3.63) is 18.7 Å². The molecule has 2 aliphatic carbocycles. The molecule has 0 aromatic carbocycles. The Bertz CT molecular complexity index is 602. The average molecular weight is 472 g/mol. The zero-order chi connectivity index (χ0) is 19.4. The van der Waals surface area contributed by atoms with Gasteiger partial charge < -0.3 is 15.2 Å². The molecule has 1 aromatic rings. The van der Waals surface area contributed by atoms with Crippen molar-refractivity contribution < 1.29 is 0 Å². The number of halogens is 4. The number of aromatic nitrogens is 2. The highest BCUT2D eigenvalue weighted by Gasteiger charge is 2.35. The van der Waals surface area contributed by atoms with Gasteiger partial charge in [0, 0.05) is 41.1 Å². The molecular formula is C18H26Cl4N4S. The molecule has 27 heavy (non-hydrogen) atoms. The van der Waals surface area contributed by atoms with Crippen molar-refractivity contribution in [1.29, 1.82) is 0 Å². The van der Waals surface area contributed by atoms with Crippen molar-refractivity contribution in [2.75, 3.05) is 0 Å². The molecule has 152 valence electrons. The van der Waals surface area contributed by atoms with Crippen LogP contribution in [0, 0.1) is 5.92 Å². The summed E-state index contributed by atoms with van der Waals surface area (Å²) in [4.78, 5) is 4.14. The van der Waals surface area contributed by atoms with Crippen molar-refractivity contribution in [2.45, 2.75) is 78.7 Å². The quantitative estimate of drug-likeness (QED) is 0.490. The molecule has 2 aliphatic rings. The van der Waals surface area contributed by atoms with E-state index in [0.717, 1.165) is 45.1 Å². The Labute approximate surface area is 186 Å². The largest absolute Gasteiger partial charge is 0.359 e. The molecule has 1 heterocycles. The summed E-state index contributed by atoms with van der Waals surface area (Å²) < 4.78 is 2.06. The SMILES string of the molecule is S=C(NC1CCC(Cl)CC1Cl)NC(Cn1ccnc1)C1CCC(Cl)CC1Cl. The highest BCUT2D eigenvalue weighted by Crippen LogP contribution is 2.34. The van der Waals surface area contributed by atoms with Crippen molar-refractivity contribution >= 4 is 63.7 Å². The van der Waals surface area contributed by atoms with Gasteiger partial charge in [0.15, 0.2) is 5.11 Å². The van der Waals surface area contributed by atoms with Crippen LogP contribution in [0.5, 0.6) is 0 Å². The van der Waals surface area contributed by atoms with E-state index >= 15 is 0 Å². The predicted molar refractivity (Wildman–Crippen MR) is 118 cm³/mol. The van der Waals surface area contributed by atoms with E-state index in [2.05, 4.69) is 20.2 Å². The smallest absolute Gasteiger partial charge is 0.166 e. The molecule has 0 spiro atoms. The van der Waals surface area contributed by atoms with Gasteiger partial charge in [-0.3, -0.25) is 0 Å². The van der Waals surface area contributed by atoms with Gasteiger partial charge in [-0.05, 0) is 56.7 Å². The molecule has 2 saturated carbocycles. The van der Waals surface area contributed by atoms with Gasteiger partial charge in [-0.25, -0.2) is 4.98 Å². The third-order valence-corrected chi connectivity index (χ3v) is 7.60. The van der Waals surface area contributed by atoms with Crippen LogP contribution in [0.3, 0.4) is 0 Å². The summed E-state index contributed by atoms with van der Waals surface area (Å²) in [6.07, 6.45) is 11.0. The molecule has 0 aliphatic heterocycles. The first kappa shape index (κ1) is 21.8. The van der Waals surface area contributed by atoms with Crippen molar-refractivity contribution in [3.8, 4) is 0 Å². The summed E-state index contributed by atoms with van der Waals surface area (Å²) in [5.41, 5.74) is 0. The van der Waals surface area contributed by atoms with E-state index < -0.39 is 0 Å². The summed E-state index contributed by atoms with van der Waals surface area (Å²) in [5.74, 6) is 0.286. The molecule has 7 unspecified atom stereocenters. The molecule has 9 heteroatoms. The van der Waals surface area contributed by atoms with Gasteiger partial charge in [-0.15, -0.1) is 46.4 Å². The number of thiocarbonyl (C=S) groups is 1. The maximum Gasteiger partial charge on any atom is 0.166 e. The van der Waals surface area contributed by atoms with Crippen LogP contribution in [-0.2, 0) is 6.54 Å². The Morgan fingerprint density at radius 2 is 1.78 bits per heavy atom. The summed E-state index contributed by atoms with van der Waals surface area (Å²) in [6, 6.07) is 0.241. The molecule has 3 rings (SSSR count). The standard InChI is InChI=1S/C18H26Cl4N4S/c19-11-1-3-13(14(21)7-11)17(9-26-6-5-23-10-26)25-18(27)24-16-4-2-12(20)8-15(16)22/h5-6,10-17H,1-4,7-9H2,(H2,24,25,27). The highest BCUT2D eigenvalue weighted by molar-refractivity contribution is 7.80. The Balaban J connectivity index is 1.62. The number of rotatable bonds is 5. The normalized spacial score (nSPS) is 35.4. The Morgan fingerprint density at radius 3 is 2.41 bits per heavy atom. The maximum atomic E-state index is 6.68. The lowest BCUT2D eigenvalue weighted by molar-refractivity contribution is 0.274. The molecule has 2 N–H and O–H groups in total. The lowest BCUT2D eigenvalue weighted by atomic mass is 9.83. The minimum Gasteiger partial charge on any atom is -0.359 e. The molecule has 0 saturated heterocycles. The van der Waals surface area contributed by atoms with Crippen LogP contribution >= 0.6 is 58.6 Å². The highest BCUT2D eigenvalue weighted by atomic mass is 35.5. The monoisotopic (exact) mass is 470 g/mol. The average Bonchev–Trinajstić information content (AvgIpc) is 3.10. The third-order valence-electron chi connectivity index (χ3n) is 5.58. The van der Waals surface area contributed by atoms with Crippen LogP contribution in [0.15, 0.2) is 18.7 Å². The van der Waals surface area contributed by atoms with E-state index in [-0.39, 0.29) is 39.5 Å². The fourth-order valence-corrected chi connectivity index (χ4v) is 6.10. The first-order valence-electron chi connectivity index (χ1n) is 9.51. The maximum absolute atomic E-state index is 6.68. The number of nitrogens with one attached hydrogen (secondary N) is 2. The zero-order valence-electron chi connectivity index (χ0n) is 15.0. The van der Waals surface area contributed by atoms with Crippen molar-refractivity contribution in [1.82, 2.24) is 20.2 Å². The predicted octanol–water partition coefficient (Wildman–Crippen LogP) is 4.50. The molecular weight excluding hydrogens is 446 g/mol. The molecule has 0 bridgehead atoms. The second kappa shape index (κ2) is 10.2. The van der Waals surface area contributed by atoms with Gasteiger partial charge in [0.1, 0.15) is 0 Å². The van der Waals surface area contributed by atoms with Gasteiger partial charge in [0.05, 0.1) is 17.7 Å². The van der Waals surface area contributed by atoms with Gasteiger partial charge in [-0.2, -0.15) is 0 Å². The van der Waals surface area contributed by atoms with E-state index in [1.54, 1.807) is 6.20 Å². The van der Waals surface area contributed by atoms with Crippen LogP contribution in [-0.4, -0.2) is 48.3 Å². The number of nitrogens with zero attached hydrogens (tertiary/aromatic N) is 2. The lowest BCUT2D eigenvalue weighted by Crippen LogP contribution is -2.54. The first-order valence-corrected chi connectivity index (χ1v) is 11.7. The van der Waals surface area contributed by atoms with Gasteiger partial charge >= 0.3 is 0 Å². The Kier molecular flexibility index (Phi) is 8.22. The summed E-state index contributed by atoms with van der Waals surface area (Å²) in [5, 5.41) is 7.85. The third kappa shape index (κ3) is 6.27. The van der Waals surface area contributed by atoms with Crippen LogP contribution in [0.2, 0.25) is 0 Å². The second-order valence-corrected chi connectivity index (χ2v) is 10.4. The number of hydrogen-bond acceptors (Lipinski definition) is 2. The topological polar surface area (TPSA) is 41.9 Å². The van der Waals surface area contributed by atoms with Crippen molar-refractivity contribution in [2.24, 2.45) is 5.92 Å². The molecule has 4 nitrogen and oxygen atoms in total. The number of hydrogen-bond donors (Lipinski definition) is 2. The lowest BCUT2D eigenvalue weighted by Gasteiger charge is -2.38. The van der Waals surface area contributed by atoms with Crippen molar-refractivity contribution in [3.63, 3.8) is 0 Å². The minimum absolute atomic E-state index is 0.0134. The van der Waals surface area contributed by atoms with Crippen LogP contribution in [0.25, 0.3) is 0 Å². The zero-order valence-corrected chi connectivity index (χ0v) is 18.9. The van der Waals surface area contributed by atoms with Gasteiger partial charge in [0.25, 0.3) is 0 Å². The van der Waals surface area contributed by atoms with E-state index in [9.17, 15) is 0 Å².